The predicted octanol–water partition coefficient (Wildman–Crippen LogP) is 3.52. The molecule has 0 bridgehead atoms. The molecule has 1 atom stereocenters. The third kappa shape index (κ3) is 6.38. The number of methoxy groups -OCH3 is 2. The van der Waals surface area contributed by atoms with Gasteiger partial charge in [-0.25, -0.2) is 14.6 Å². The smallest absolute Gasteiger partial charge is 0.344 e. The van der Waals surface area contributed by atoms with E-state index in [9.17, 15) is 14.4 Å². The van der Waals surface area contributed by atoms with Crippen LogP contribution in [-0.4, -0.2) is 50.5 Å². The molecular weight excluding hydrogens is 616 g/mol. The summed E-state index contributed by atoms with van der Waals surface area (Å²) in [4.78, 5) is 43.9. The Kier molecular flexibility index (Phi) is 9.66. The summed E-state index contributed by atoms with van der Waals surface area (Å²) in [7, 11) is 3.04. The lowest BCUT2D eigenvalue weighted by molar-refractivity contribution is -0.145. The Morgan fingerprint density at radius 1 is 1.07 bits per heavy atom. The standard InChI is InChI=1S/C29H29BrN2O8S/c1-6-38-24(33)15-40-18-10-8-9-17(11-18)12-23-27(34)32-26(19-13-21(36-4)22(37-5)14-20(19)30)25(28(35)39-7-2)16(3)31-29(32)41-23/h8-14,26H,6-7,15H2,1-5H3/b23-12-/t26-/m1/s1. The van der Waals surface area contributed by atoms with Crippen molar-refractivity contribution in [1.29, 1.82) is 0 Å². The van der Waals surface area contributed by atoms with Crippen molar-refractivity contribution in [2.75, 3.05) is 34.0 Å². The highest BCUT2D eigenvalue weighted by atomic mass is 79.9. The molecule has 10 nitrogen and oxygen atoms in total. The highest BCUT2D eigenvalue weighted by Crippen LogP contribution is 2.40. The van der Waals surface area contributed by atoms with Crippen molar-refractivity contribution < 1.29 is 33.3 Å². The van der Waals surface area contributed by atoms with Gasteiger partial charge in [0.05, 0.1) is 49.3 Å². The van der Waals surface area contributed by atoms with Gasteiger partial charge in [-0.1, -0.05) is 39.4 Å². The number of nitrogens with zero attached hydrogens (tertiary/aromatic N) is 2. The molecule has 2 aromatic carbocycles. The third-order valence-electron chi connectivity index (χ3n) is 6.13. The molecule has 0 amide bonds. The van der Waals surface area contributed by atoms with Gasteiger partial charge in [0, 0.05) is 4.47 Å². The van der Waals surface area contributed by atoms with Crippen molar-refractivity contribution >= 4 is 45.3 Å². The van der Waals surface area contributed by atoms with Gasteiger partial charge in [0.15, 0.2) is 22.9 Å². The fourth-order valence-corrected chi connectivity index (χ4v) is 5.94. The average molecular weight is 646 g/mol. The van der Waals surface area contributed by atoms with Crippen molar-refractivity contribution in [3.63, 3.8) is 0 Å². The molecule has 0 saturated heterocycles. The number of carbonyl (C=O) groups excluding carboxylic acids is 2. The second-order valence-electron chi connectivity index (χ2n) is 8.70. The van der Waals surface area contributed by atoms with E-state index in [2.05, 4.69) is 20.9 Å². The van der Waals surface area contributed by atoms with Gasteiger partial charge in [-0.3, -0.25) is 9.36 Å². The number of rotatable bonds is 10. The molecule has 1 aliphatic heterocycles. The molecule has 0 unspecified atom stereocenters. The van der Waals surface area contributed by atoms with Crippen LogP contribution < -0.4 is 29.1 Å². The monoisotopic (exact) mass is 644 g/mol. The minimum atomic E-state index is -0.846. The Morgan fingerprint density at radius 2 is 1.78 bits per heavy atom. The van der Waals surface area contributed by atoms with Crippen LogP contribution in [0.15, 0.2) is 61.9 Å². The summed E-state index contributed by atoms with van der Waals surface area (Å²) in [6, 6.07) is 9.61. The second-order valence-corrected chi connectivity index (χ2v) is 10.6. The van der Waals surface area contributed by atoms with E-state index < -0.39 is 18.0 Å². The fraction of sp³-hybridized carbons (Fsp3) is 0.310. The zero-order valence-electron chi connectivity index (χ0n) is 23.2. The van der Waals surface area contributed by atoms with Crippen LogP contribution in [0, 0.1) is 0 Å². The van der Waals surface area contributed by atoms with Gasteiger partial charge in [0.1, 0.15) is 5.75 Å². The molecule has 0 N–H and O–H groups in total. The molecule has 0 radical (unpaired) electrons. The quantitative estimate of drug-likeness (QED) is 0.308. The maximum atomic E-state index is 13.9. The van der Waals surface area contributed by atoms with Crippen LogP contribution in [0.5, 0.6) is 17.2 Å². The third-order valence-corrected chi connectivity index (χ3v) is 7.80. The average Bonchev–Trinajstić information content (AvgIpc) is 3.25. The number of benzene rings is 2. The van der Waals surface area contributed by atoms with Crippen LogP contribution in [0.4, 0.5) is 0 Å². The SMILES string of the molecule is CCOC(=O)COc1cccc(/C=c2\sc3n(c2=O)[C@H](c2cc(OC)c(OC)cc2Br)C(C(=O)OCC)=C(C)N=3)c1. The van der Waals surface area contributed by atoms with Gasteiger partial charge in [-0.15, -0.1) is 0 Å². The largest absolute Gasteiger partial charge is 0.493 e. The molecule has 3 aromatic rings. The Balaban J connectivity index is 1.86. The van der Waals surface area contributed by atoms with Crippen LogP contribution in [-0.2, 0) is 19.1 Å². The second kappa shape index (κ2) is 13.2. The van der Waals surface area contributed by atoms with E-state index in [-0.39, 0.29) is 31.0 Å². The lowest BCUT2D eigenvalue weighted by atomic mass is 9.95. The van der Waals surface area contributed by atoms with E-state index >= 15 is 0 Å². The summed E-state index contributed by atoms with van der Waals surface area (Å²) >= 11 is 4.79. The van der Waals surface area contributed by atoms with Gasteiger partial charge < -0.3 is 23.7 Å². The van der Waals surface area contributed by atoms with Crippen LogP contribution in [0.2, 0.25) is 0 Å². The minimum Gasteiger partial charge on any atom is -0.493 e. The summed E-state index contributed by atoms with van der Waals surface area (Å²) < 4.78 is 29.3. The number of thiazole rings is 1. The summed E-state index contributed by atoms with van der Waals surface area (Å²) in [6.45, 7) is 5.36. The van der Waals surface area contributed by atoms with Gasteiger partial charge in [-0.05, 0) is 62.2 Å². The predicted molar refractivity (Wildman–Crippen MR) is 156 cm³/mol. The lowest BCUT2D eigenvalue weighted by Gasteiger charge is -2.26. The highest BCUT2D eigenvalue weighted by molar-refractivity contribution is 9.10. The molecule has 1 aliphatic rings. The first-order chi connectivity index (χ1) is 19.7. The molecule has 2 heterocycles. The highest BCUT2D eigenvalue weighted by Gasteiger charge is 2.35. The first-order valence-corrected chi connectivity index (χ1v) is 14.3. The van der Waals surface area contributed by atoms with E-state index in [0.29, 0.717) is 47.9 Å². The van der Waals surface area contributed by atoms with E-state index in [0.717, 1.165) is 0 Å². The number of carbonyl (C=O) groups is 2. The summed E-state index contributed by atoms with van der Waals surface area (Å²) in [6.07, 6.45) is 1.71. The minimum absolute atomic E-state index is 0.161. The molecule has 0 spiro atoms. The van der Waals surface area contributed by atoms with Crippen LogP contribution in [0.1, 0.15) is 37.9 Å². The number of fused-ring (bicyclic) bond motifs is 1. The Bertz CT molecular complexity index is 1690. The topological polar surface area (TPSA) is 115 Å². The number of allylic oxidation sites excluding steroid dienone is 1. The van der Waals surface area contributed by atoms with Crippen molar-refractivity contribution in [3.05, 3.63) is 83.0 Å². The number of ether oxygens (including phenoxy) is 5. The van der Waals surface area contributed by atoms with Crippen LogP contribution in [0.3, 0.4) is 0 Å². The Morgan fingerprint density at radius 3 is 2.46 bits per heavy atom. The number of hydrogen-bond acceptors (Lipinski definition) is 10. The fourth-order valence-electron chi connectivity index (χ4n) is 4.36. The number of hydrogen-bond donors (Lipinski definition) is 0. The van der Waals surface area contributed by atoms with Crippen molar-refractivity contribution in [2.24, 2.45) is 4.99 Å². The molecule has 0 aliphatic carbocycles. The van der Waals surface area contributed by atoms with E-state index in [1.807, 2.05) is 6.07 Å². The van der Waals surface area contributed by atoms with Crippen molar-refractivity contribution in [2.45, 2.75) is 26.8 Å². The number of halogens is 1. The Hall–Kier alpha value is -3.90. The zero-order chi connectivity index (χ0) is 29.7. The van der Waals surface area contributed by atoms with Crippen LogP contribution >= 0.6 is 27.3 Å². The van der Waals surface area contributed by atoms with Gasteiger partial charge >= 0.3 is 11.9 Å². The first kappa shape index (κ1) is 30.1. The first-order valence-electron chi connectivity index (χ1n) is 12.7. The number of esters is 2. The molecular formula is C29H29BrN2O8S. The van der Waals surface area contributed by atoms with E-state index in [1.54, 1.807) is 57.2 Å². The van der Waals surface area contributed by atoms with E-state index in [1.165, 1.54) is 30.1 Å². The zero-order valence-corrected chi connectivity index (χ0v) is 25.6. The molecule has 0 fully saturated rings. The van der Waals surface area contributed by atoms with Crippen molar-refractivity contribution in [3.8, 4) is 17.2 Å². The summed E-state index contributed by atoms with van der Waals surface area (Å²) in [5, 5.41) is 0. The molecule has 216 valence electrons. The normalized spacial score (nSPS) is 14.7. The molecule has 41 heavy (non-hydrogen) atoms. The molecule has 1 aromatic heterocycles. The maximum absolute atomic E-state index is 13.9. The van der Waals surface area contributed by atoms with Gasteiger partial charge in [0.25, 0.3) is 5.56 Å². The molecule has 4 rings (SSSR count). The van der Waals surface area contributed by atoms with Crippen molar-refractivity contribution in [1.82, 2.24) is 4.57 Å². The summed E-state index contributed by atoms with van der Waals surface area (Å²) in [5.74, 6) is 0.331. The molecule has 0 saturated carbocycles. The maximum Gasteiger partial charge on any atom is 0.344 e. The molecule has 12 heteroatoms. The Labute approximate surface area is 248 Å². The van der Waals surface area contributed by atoms with Gasteiger partial charge in [-0.2, -0.15) is 0 Å². The van der Waals surface area contributed by atoms with E-state index in [4.69, 9.17) is 23.7 Å². The number of aromatic nitrogens is 1. The lowest BCUT2D eigenvalue weighted by Crippen LogP contribution is -2.40. The van der Waals surface area contributed by atoms with Crippen LogP contribution in [0.25, 0.3) is 6.08 Å². The van der Waals surface area contributed by atoms with Gasteiger partial charge in [0.2, 0.25) is 0 Å². The summed E-state index contributed by atoms with van der Waals surface area (Å²) in [5.41, 5.74) is 1.63.